The van der Waals surface area contributed by atoms with Gasteiger partial charge in [0.1, 0.15) is 23.1 Å². The second-order valence-corrected chi connectivity index (χ2v) is 6.37. The van der Waals surface area contributed by atoms with Crippen molar-refractivity contribution in [2.45, 2.75) is 13.3 Å². The molecule has 7 heteroatoms. The molecule has 3 aromatic rings. The van der Waals surface area contributed by atoms with Crippen molar-refractivity contribution >= 4 is 17.4 Å². The van der Waals surface area contributed by atoms with Gasteiger partial charge >= 0.3 is 0 Å². The number of nitrogens with one attached hydrogen (secondary N) is 1. The molecule has 0 bridgehead atoms. The van der Waals surface area contributed by atoms with Crippen molar-refractivity contribution in [2.24, 2.45) is 0 Å². The minimum Gasteiger partial charge on any atom is -0.497 e. The summed E-state index contributed by atoms with van der Waals surface area (Å²) in [4.78, 5) is 27.1. The third kappa shape index (κ3) is 5.03. The summed E-state index contributed by atoms with van der Waals surface area (Å²) >= 11 is 0. The predicted molar refractivity (Wildman–Crippen MR) is 108 cm³/mol. The normalized spacial score (nSPS) is 10.4. The third-order valence-electron chi connectivity index (χ3n) is 4.25. The van der Waals surface area contributed by atoms with Crippen molar-refractivity contribution in [1.29, 1.82) is 0 Å². The average Bonchev–Trinajstić information content (AvgIpc) is 2.72. The zero-order valence-electron chi connectivity index (χ0n) is 16.2. The number of anilines is 2. The Morgan fingerprint density at radius 3 is 2.50 bits per heavy atom. The minimum absolute atomic E-state index is 0.141. The summed E-state index contributed by atoms with van der Waals surface area (Å²) in [5.41, 5.74) is 2.35. The number of carbonyl (C=O) groups excluding carboxylic acids is 1. The van der Waals surface area contributed by atoms with Crippen molar-refractivity contribution in [2.75, 3.05) is 26.0 Å². The van der Waals surface area contributed by atoms with Crippen molar-refractivity contribution in [3.05, 3.63) is 71.9 Å². The number of benzene rings is 1. The lowest BCUT2D eigenvalue weighted by molar-refractivity contribution is 0.0790. The van der Waals surface area contributed by atoms with Crippen LogP contribution in [-0.4, -0.2) is 46.5 Å². The van der Waals surface area contributed by atoms with Gasteiger partial charge in [-0.15, -0.1) is 0 Å². The Balaban J connectivity index is 1.69. The largest absolute Gasteiger partial charge is 0.497 e. The smallest absolute Gasteiger partial charge is 0.272 e. The first-order chi connectivity index (χ1) is 13.5. The molecule has 0 radical (unpaired) electrons. The molecule has 0 aliphatic heterocycles. The van der Waals surface area contributed by atoms with Gasteiger partial charge in [0.2, 0.25) is 0 Å². The van der Waals surface area contributed by atoms with Crippen LogP contribution in [0.5, 0.6) is 5.75 Å². The maximum absolute atomic E-state index is 12.8. The number of nitrogens with zero attached hydrogens (tertiary/aromatic N) is 4. The second-order valence-electron chi connectivity index (χ2n) is 6.37. The molecule has 144 valence electrons. The predicted octanol–water partition coefficient (Wildman–Crippen LogP) is 3.25. The zero-order chi connectivity index (χ0) is 19.9. The summed E-state index contributed by atoms with van der Waals surface area (Å²) in [6, 6.07) is 13.1. The molecule has 0 fully saturated rings. The quantitative estimate of drug-likeness (QED) is 0.681. The van der Waals surface area contributed by atoms with Gasteiger partial charge in [0.25, 0.3) is 5.91 Å². The number of ether oxygens (including phenoxy) is 1. The van der Waals surface area contributed by atoms with E-state index in [1.807, 2.05) is 36.4 Å². The fourth-order valence-electron chi connectivity index (χ4n) is 2.71. The van der Waals surface area contributed by atoms with E-state index in [2.05, 4.69) is 20.3 Å². The standard InChI is InChI=1S/C21H23N5O2/c1-15-23-19(21(27)26(2)13-10-16-8-11-22-12-9-16)14-20(24-15)25-17-4-6-18(28-3)7-5-17/h4-9,11-12,14H,10,13H2,1-3H3,(H,23,24,25). The van der Waals surface area contributed by atoms with Crippen LogP contribution in [-0.2, 0) is 6.42 Å². The fourth-order valence-corrected chi connectivity index (χ4v) is 2.71. The maximum atomic E-state index is 12.8. The molecule has 0 aliphatic carbocycles. The van der Waals surface area contributed by atoms with Crippen LogP contribution in [0.25, 0.3) is 0 Å². The van der Waals surface area contributed by atoms with Gasteiger partial charge in [-0.1, -0.05) is 0 Å². The van der Waals surface area contributed by atoms with Crippen LogP contribution in [0.3, 0.4) is 0 Å². The molecule has 1 N–H and O–H groups in total. The van der Waals surface area contributed by atoms with Crippen LogP contribution in [0, 0.1) is 6.92 Å². The van der Waals surface area contributed by atoms with E-state index in [1.54, 1.807) is 44.4 Å². The summed E-state index contributed by atoms with van der Waals surface area (Å²) in [6.45, 7) is 2.36. The van der Waals surface area contributed by atoms with Crippen LogP contribution in [0.15, 0.2) is 54.9 Å². The highest BCUT2D eigenvalue weighted by atomic mass is 16.5. The number of likely N-dealkylation sites (N-methyl/N-ethyl adjacent to an activating group) is 1. The van der Waals surface area contributed by atoms with Crippen molar-refractivity contribution in [1.82, 2.24) is 19.9 Å². The first kappa shape index (κ1) is 19.3. The molecule has 2 aromatic heterocycles. The number of pyridine rings is 1. The van der Waals surface area contributed by atoms with Gasteiger partial charge in [-0.2, -0.15) is 0 Å². The van der Waals surface area contributed by atoms with Crippen molar-refractivity contribution < 1.29 is 9.53 Å². The third-order valence-corrected chi connectivity index (χ3v) is 4.25. The molecule has 0 aliphatic rings. The Morgan fingerprint density at radius 2 is 1.82 bits per heavy atom. The molecular weight excluding hydrogens is 354 g/mol. The van der Waals surface area contributed by atoms with E-state index in [0.29, 0.717) is 23.9 Å². The number of hydrogen-bond acceptors (Lipinski definition) is 6. The summed E-state index contributed by atoms with van der Waals surface area (Å²) in [5.74, 6) is 1.74. The zero-order valence-corrected chi connectivity index (χ0v) is 16.2. The lowest BCUT2D eigenvalue weighted by Gasteiger charge is -2.17. The van der Waals surface area contributed by atoms with Gasteiger partial charge in [0, 0.05) is 37.7 Å². The number of rotatable bonds is 7. The summed E-state index contributed by atoms with van der Waals surface area (Å²) in [6.07, 6.45) is 4.26. The van der Waals surface area contributed by atoms with Crippen LogP contribution in [0.1, 0.15) is 21.9 Å². The topological polar surface area (TPSA) is 80.2 Å². The van der Waals surface area contributed by atoms with Crippen LogP contribution < -0.4 is 10.1 Å². The van der Waals surface area contributed by atoms with Gasteiger partial charge in [-0.25, -0.2) is 9.97 Å². The first-order valence-corrected chi connectivity index (χ1v) is 8.96. The van der Waals surface area contributed by atoms with E-state index in [0.717, 1.165) is 23.4 Å². The molecular formula is C21H23N5O2. The van der Waals surface area contributed by atoms with E-state index in [9.17, 15) is 4.79 Å². The molecule has 7 nitrogen and oxygen atoms in total. The van der Waals surface area contributed by atoms with Gasteiger partial charge in [0.05, 0.1) is 7.11 Å². The Morgan fingerprint density at radius 1 is 1.11 bits per heavy atom. The van der Waals surface area contributed by atoms with Crippen LogP contribution >= 0.6 is 0 Å². The summed E-state index contributed by atoms with van der Waals surface area (Å²) in [7, 11) is 3.40. The Bertz CT molecular complexity index is 929. The van der Waals surface area contributed by atoms with Gasteiger partial charge in [-0.05, 0) is 55.3 Å². The number of amides is 1. The molecule has 0 saturated carbocycles. The number of methoxy groups -OCH3 is 1. The molecule has 2 heterocycles. The molecule has 0 atom stereocenters. The molecule has 0 spiro atoms. The highest BCUT2D eigenvalue weighted by Gasteiger charge is 2.15. The summed E-state index contributed by atoms with van der Waals surface area (Å²) < 4.78 is 5.16. The number of aromatic nitrogens is 3. The van der Waals surface area contributed by atoms with Crippen molar-refractivity contribution in [3.8, 4) is 5.75 Å². The van der Waals surface area contributed by atoms with Gasteiger partial charge < -0.3 is 15.0 Å². The minimum atomic E-state index is -0.141. The van der Waals surface area contributed by atoms with E-state index in [-0.39, 0.29) is 5.91 Å². The van der Waals surface area contributed by atoms with Gasteiger partial charge in [-0.3, -0.25) is 9.78 Å². The fraction of sp³-hybridized carbons (Fsp3) is 0.238. The highest BCUT2D eigenvalue weighted by molar-refractivity contribution is 5.93. The number of carbonyl (C=O) groups is 1. The monoisotopic (exact) mass is 377 g/mol. The Labute approximate surface area is 164 Å². The van der Waals surface area contributed by atoms with E-state index in [1.165, 1.54) is 0 Å². The lowest BCUT2D eigenvalue weighted by atomic mass is 10.2. The molecule has 0 saturated heterocycles. The number of hydrogen-bond donors (Lipinski definition) is 1. The van der Waals surface area contributed by atoms with E-state index in [4.69, 9.17) is 4.74 Å². The SMILES string of the molecule is COc1ccc(Nc2cc(C(=O)N(C)CCc3ccncc3)nc(C)n2)cc1. The van der Waals surface area contributed by atoms with Crippen LogP contribution in [0.2, 0.25) is 0 Å². The molecule has 1 aromatic carbocycles. The molecule has 0 unspecified atom stereocenters. The Kier molecular flexibility index (Phi) is 6.16. The van der Waals surface area contributed by atoms with E-state index < -0.39 is 0 Å². The summed E-state index contributed by atoms with van der Waals surface area (Å²) in [5, 5.41) is 3.20. The Hall–Kier alpha value is -3.48. The molecule has 3 rings (SSSR count). The van der Waals surface area contributed by atoms with Crippen molar-refractivity contribution in [3.63, 3.8) is 0 Å². The highest BCUT2D eigenvalue weighted by Crippen LogP contribution is 2.19. The maximum Gasteiger partial charge on any atom is 0.272 e. The number of aryl methyl sites for hydroxylation is 1. The van der Waals surface area contributed by atoms with Crippen LogP contribution in [0.4, 0.5) is 11.5 Å². The average molecular weight is 377 g/mol. The molecule has 1 amide bonds. The van der Waals surface area contributed by atoms with Gasteiger partial charge in [0.15, 0.2) is 0 Å². The first-order valence-electron chi connectivity index (χ1n) is 8.96. The molecule has 28 heavy (non-hydrogen) atoms. The lowest BCUT2D eigenvalue weighted by Crippen LogP contribution is -2.30. The van der Waals surface area contributed by atoms with E-state index >= 15 is 0 Å². The second kappa shape index (κ2) is 8.94.